The number of nitrogens with zero attached hydrogens (tertiary/aromatic N) is 8. The molecule has 0 atom stereocenters. The Kier molecular flexibility index (Phi) is 7.76. The molecule has 0 spiro atoms. The van der Waals surface area contributed by atoms with Gasteiger partial charge in [-0.2, -0.15) is 0 Å². The molecule has 0 saturated heterocycles. The summed E-state index contributed by atoms with van der Waals surface area (Å²) in [6.07, 6.45) is 0. The summed E-state index contributed by atoms with van der Waals surface area (Å²) < 4.78 is 0. The van der Waals surface area contributed by atoms with Crippen LogP contribution in [0, 0.1) is 0 Å². The number of para-hydroxylation sites is 4. The van der Waals surface area contributed by atoms with Gasteiger partial charge in [-0.15, -0.1) is 0 Å². The molecule has 338 valence electrons. The normalized spacial score (nSPS) is 12.2. The van der Waals surface area contributed by atoms with Crippen LogP contribution >= 0.6 is 0 Å². The quantitative estimate of drug-likeness (QED) is 0.0764. The first-order valence-corrected chi connectivity index (χ1v) is 23.4. The van der Waals surface area contributed by atoms with Gasteiger partial charge in [0, 0.05) is 0 Å². The fourth-order valence-electron chi connectivity index (χ4n) is 9.92. The van der Waals surface area contributed by atoms with Crippen molar-refractivity contribution in [3.05, 3.63) is 158 Å². The molecule has 0 aliphatic rings. The molecule has 0 bridgehead atoms. The first-order valence-electron chi connectivity index (χ1n) is 23.4. The molecule has 0 amide bonds. The van der Waals surface area contributed by atoms with Crippen LogP contribution in [-0.4, -0.2) is 79.7 Å². The van der Waals surface area contributed by atoms with E-state index in [2.05, 4.69) is 149 Å². The fraction of sp³-hybridized carbons (Fsp3) is 0. The molecule has 0 radical (unpaired) electrons. The van der Waals surface area contributed by atoms with Gasteiger partial charge >= 0.3 is 0 Å². The summed E-state index contributed by atoms with van der Waals surface area (Å²) in [7, 11) is 0. The molecule has 8 aromatic heterocycles. The highest BCUT2D eigenvalue weighted by Gasteiger charge is 2.17. The second kappa shape index (κ2) is 14.5. The van der Waals surface area contributed by atoms with Crippen LogP contribution in [0.4, 0.5) is 0 Å². The number of hydrogen-bond acceptors (Lipinski definition) is 8. The van der Waals surface area contributed by atoms with E-state index in [0.717, 1.165) is 122 Å². The summed E-state index contributed by atoms with van der Waals surface area (Å²) >= 11 is 0. The fourth-order valence-corrected chi connectivity index (χ4v) is 9.92. The maximum Gasteiger partial charge on any atom is 0.174 e. The van der Waals surface area contributed by atoms with E-state index in [1.807, 2.05) is 48.5 Å². The molecule has 16 nitrogen and oxygen atoms in total. The smallest absolute Gasteiger partial charge is 0.174 e. The number of hydrogen-bond donors (Lipinski definition) is 8. The second-order valence-electron chi connectivity index (χ2n) is 18.1. The Balaban J connectivity index is 0.646. The maximum atomic E-state index is 4.99. The molecule has 0 saturated carbocycles. The van der Waals surface area contributed by atoms with Gasteiger partial charge in [-0.05, 0) is 130 Å². The largest absolute Gasteiger partial charge is 0.335 e. The number of imidazole rings is 8. The number of benzene rings is 8. The Bertz CT molecular complexity index is 4480. The highest BCUT2D eigenvalue weighted by Crippen LogP contribution is 2.34. The Morgan fingerprint density at radius 3 is 0.569 bits per heavy atom. The molecule has 16 heteroatoms. The van der Waals surface area contributed by atoms with Crippen LogP contribution in [-0.2, 0) is 0 Å². The molecule has 16 rings (SSSR count). The van der Waals surface area contributed by atoms with E-state index in [0.29, 0.717) is 46.6 Å². The number of aromatic nitrogens is 16. The van der Waals surface area contributed by atoms with E-state index in [-0.39, 0.29) is 0 Å². The van der Waals surface area contributed by atoms with Gasteiger partial charge in [0.05, 0.1) is 88.3 Å². The lowest BCUT2D eigenvalue weighted by molar-refractivity contribution is 1.22. The van der Waals surface area contributed by atoms with Crippen LogP contribution in [0.5, 0.6) is 0 Å². The van der Waals surface area contributed by atoms with Crippen molar-refractivity contribution in [2.24, 2.45) is 0 Å². The van der Waals surface area contributed by atoms with Crippen LogP contribution in [0.25, 0.3) is 168 Å². The van der Waals surface area contributed by atoms with Crippen molar-refractivity contribution in [2.45, 2.75) is 0 Å². The van der Waals surface area contributed by atoms with Crippen molar-refractivity contribution in [1.82, 2.24) is 79.7 Å². The molecule has 0 unspecified atom stereocenters. The van der Waals surface area contributed by atoms with Gasteiger partial charge in [0.15, 0.2) is 46.6 Å². The predicted molar refractivity (Wildman–Crippen MR) is 282 cm³/mol. The summed E-state index contributed by atoms with van der Waals surface area (Å²) in [5.74, 6) is 5.46. The average molecular weight is 931 g/mol. The predicted octanol–water partition coefficient (Wildman–Crippen LogP) is 12.4. The monoisotopic (exact) mass is 930 g/mol. The number of H-pyrrole nitrogens is 8. The number of aromatic amines is 8. The second-order valence-corrected chi connectivity index (χ2v) is 18.1. The molecule has 16 aromatic rings. The topological polar surface area (TPSA) is 229 Å². The molecular formula is C56H34N16. The van der Waals surface area contributed by atoms with E-state index in [9.17, 15) is 0 Å². The minimum absolute atomic E-state index is 0.661. The van der Waals surface area contributed by atoms with Crippen molar-refractivity contribution in [1.29, 1.82) is 0 Å². The van der Waals surface area contributed by atoms with Gasteiger partial charge in [0.1, 0.15) is 0 Å². The SMILES string of the molecule is c1ccc2[nH]c(-c3nc4cc(-c5ccc6[nH]c(-c7nc8cc(-c9ccc%10[nH]c(-c%11nc%12cc(-c%13ccc%14[nH]c(-c%15nc%16ccccc%16[nH]%15)nc%14c%13)ccc%12[nH]%11)nc%10c9)ccc8[nH]7)nc6c5)ccc4[nH]3)nc2c1. The minimum atomic E-state index is 0.661. The van der Waals surface area contributed by atoms with E-state index < -0.39 is 0 Å². The van der Waals surface area contributed by atoms with E-state index in [1.165, 1.54) is 0 Å². The Labute approximate surface area is 404 Å². The Morgan fingerprint density at radius 2 is 0.361 bits per heavy atom. The zero-order valence-electron chi connectivity index (χ0n) is 37.6. The van der Waals surface area contributed by atoms with Crippen molar-refractivity contribution < 1.29 is 0 Å². The van der Waals surface area contributed by atoms with Crippen molar-refractivity contribution in [2.75, 3.05) is 0 Å². The summed E-state index contributed by atoms with van der Waals surface area (Å²) in [6.45, 7) is 0. The minimum Gasteiger partial charge on any atom is -0.335 e. The van der Waals surface area contributed by atoms with E-state index >= 15 is 0 Å². The molecule has 72 heavy (non-hydrogen) atoms. The lowest BCUT2D eigenvalue weighted by Crippen LogP contribution is -1.82. The van der Waals surface area contributed by atoms with Crippen molar-refractivity contribution >= 4 is 88.3 Å². The molecule has 0 fully saturated rings. The standard InChI is InChI=1S/C56H34N16/c1-2-6-34-33(5-1)57-49(58-34)51-61-37-15-9-27(21-43(37)67-51)29-11-17-39-45(23-29)69-53(63-39)55-65-41-19-13-31(25-47(41)71-55)32-14-20-42-48(26-32)72-56(66-42)54-64-40-18-12-30(24-46(40)70-54)28-10-16-38-44(22-28)68-52(62-38)50-59-35-7-3-4-8-36(35)60-50/h1-26H,(H,57,58)(H,59,60)(H,61,67)(H,62,68)(H,63,69)(H,64,70)(H,65,71)(H,66,72). The third-order valence-corrected chi connectivity index (χ3v) is 13.6. The van der Waals surface area contributed by atoms with Crippen LogP contribution in [0.15, 0.2) is 158 Å². The molecule has 0 aliphatic carbocycles. The third kappa shape index (κ3) is 6.19. The maximum absolute atomic E-state index is 4.99. The average Bonchev–Trinajstić information content (AvgIpc) is 4.28. The summed E-state index contributed by atoms with van der Waals surface area (Å²) in [5, 5.41) is 0. The van der Waals surface area contributed by atoms with E-state index in [4.69, 9.17) is 39.9 Å². The van der Waals surface area contributed by atoms with Gasteiger partial charge < -0.3 is 39.9 Å². The highest BCUT2D eigenvalue weighted by atomic mass is 15.1. The Hall–Kier alpha value is -10.5. The molecule has 0 aliphatic heterocycles. The lowest BCUT2D eigenvalue weighted by atomic mass is 10.0. The van der Waals surface area contributed by atoms with Crippen LogP contribution in [0.3, 0.4) is 0 Å². The molecule has 8 heterocycles. The number of rotatable bonds is 7. The van der Waals surface area contributed by atoms with Crippen molar-refractivity contribution in [3.8, 4) is 80.0 Å². The first kappa shape index (κ1) is 38.5. The van der Waals surface area contributed by atoms with Gasteiger partial charge in [-0.1, -0.05) is 60.7 Å². The summed E-state index contributed by atoms with van der Waals surface area (Å²) in [6, 6.07) is 53.4. The molecular weight excluding hydrogens is 897 g/mol. The van der Waals surface area contributed by atoms with E-state index in [1.54, 1.807) is 0 Å². The molecule has 8 N–H and O–H groups in total. The zero-order valence-corrected chi connectivity index (χ0v) is 37.6. The first-order chi connectivity index (χ1) is 35.5. The van der Waals surface area contributed by atoms with Crippen LogP contribution < -0.4 is 0 Å². The number of nitrogens with one attached hydrogen (secondary N) is 8. The van der Waals surface area contributed by atoms with Gasteiger partial charge in [-0.3, -0.25) is 0 Å². The highest BCUT2D eigenvalue weighted by molar-refractivity contribution is 5.93. The molecule has 8 aromatic carbocycles. The van der Waals surface area contributed by atoms with Gasteiger partial charge in [0.2, 0.25) is 0 Å². The van der Waals surface area contributed by atoms with Crippen molar-refractivity contribution in [3.63, 3.8) is 0 Å². The summed E-state index contributed by atoms with van der Waals surface area (Å²) in [5.41, 5.74) is 20.5. The van der Waals surface area contributed by atoms with Gasteiger partial charge in [-0.25, -0.2) is 39.9 Å². The van der Waals surface area contributed by atoms with Gasteiger partial charge in [0.25, 0.3) is 0 Å². The van der Waals surface area contributed by atoms with Crippen LogP contribution in [0.1, 0.15) is 0 Å². The summed E-state index contributed by atoms with van der Waals surface area (Å²) in [4.78, 5) is 66.6. The Morgan fingerprint density at radius 1 is 0.181 bits per heavy atom. The lowest BCUT2D eigenvalue weighted by Gasteiger charge is -2.01. The van der Waals surface area contributed by atoms with Crippen LogP contribution in [0.2, 0.25) is 0 Å². The zero-order chi connectivity index (χ0) is 47.0. The number of fused-ring (bicyclic) bond motifs is 8. The third-order valence-electron chi connectivity index (χ3n) is 13.6.